The highest BCUT2D eigenvalue weighted by Crippen LogP contribution is 2.31. The van der Waals surface area contributed by atoms with Crippen LogP contribution in [0.3, 0.4) is 0 Å². The summed E-state index contributed by atoms with van der Waals surface area (Å²) < 4.78 is 10.1. The standard InChI is InChI=1S/C12H13NO4/c1-16-9-5-6-10(17-2)11(12(14)15)8(9)4-3-7-13/h5-6H,3-4H2,1-2H3,(H,14,15). The molecule has 0 spiro atoms. The second-order valence-electron chi connectivity index (χ2n) is 3.29. The summed E-state index contributed by atoms with van der Waals surface area (Å²) in [4.78, 5) is 11.2. The summed E-state index contributed by atoms with van der Waals surface area (Å²) in [5.41, 5.74) is 0.544. The molecule has 0 atom stereocenters. The van der Waals surface area contributed by atoms with E-state index in [0.29, 0.717) is 17.7 Å². The first kappa shape index (κ1) is 12.8. The number of hydrogen-bond acceptors (Lipinski definition) is 4. The number of carboxylic acids is 1. The van der Waals surface area contributed by atoms with E-state index in [-0.39, 0.29) is 17.7 Å². The van der Waals surface area contributed by atoms with Crippen LogP contribution in [0.1, 0.15) is 22.3 Å². The van der Waals surface area contributed by atoms with Crippen LogP contribution in [0.2, 0.25) is 0 Å². The lowest BCUT2D eigenvalue weighted by Gasteiger charge is -2.13. The van der Waals surface area contributed by atoms with Crippen molar-refractivity contribution in [1.82, 2.24) is 0 Å². The van der Waals surface area contributed by atoms with Crippen LogP contribution in [0.4, 0.5) is 0 Å². The number of carbonyl (C=O) groups is 1. The molecule has 0 saturated carbocycles. The fourth-order valence-electron chi connectivity index (χ4n) is 1.63. The van der Waals surface area contributed by atoms with Crippen molar-refractivity contribution in [1.29, 1.82) is 5.26 Å². The minimum Gasteiger partial charge on any atom is -0.496 e. The molecule has 0 saturated heterocycles. The molecule has 1 aromatic rings. The molecule has 5 nitrogen and oxygen atoms in total. The van der Waals surface area contributed by atoms with Gasteiger partial charge in [0.15, 0.2) is 0 Å². The van der Waals surface area contributed by atoms with Crippen LogP contribution in [0.25, 0.3) is 0 Å². The van der Waals surface area contributed by atoms with E-state index in [4.69, 9.17) is 14.7 Å². The number of nitriles is 1. The molecule has 0 heterocycles. The van der Waals surface area contributed by atoms with Crippen LogP contribution in [0.5, 0.6) is 11.5 Å². The lowest BCUT2D eigenvalue weighted by molar-refractivity contribution is 0.0691. The first-order valence-corrected chi connectivity index (χ1v) is 4.99. The Labute approximate surface area is 99.2 Å². The minimum atomic E-state index is -1.09. The Morgan fingerprint density at radius 2 is 1.94 bits per heavy atom. The molecule has 0 aliphatic heterocycles. The molecule has 0 radical (unpaired) electrons. The average Bonchev–Trinajstić information content (AvgIpc) is 2.34. The summed E-state index contributed by atoms with van der Waals surface area (Å²) in [7, 11) is 2.87. The van der Waals surface area contributed by atoms with Crippen molar-refractivity contribution in [2.24, 2.45) is 0 Å². The van der Waals surface area contributed by atoms with E-state index in [2.05, 4.69) is 0 Å². The molecule has 1 N–H and O–H groups in total. The van der Waals surface area contributed by atoms with Crippen molar-refractivity contribution in [3.63, 3.8) is 0 Å². The third-order valence-electron chi connectivity index (χ3n) is 2.37. The maximum atomic E-state index is 11.2. The summed E-state index contributed by atoms with van der Waals surface area (Å²) in [5.74, 6) is -0.363. The van der Waals surface area contributed by atoms with Crippen molar-refractivity contribution in [3.8, 4) is 17.6 Å². The fraction of sp³-hybridized carbons (Fsp3) is 0.333. The van der Waals surface area contributed by atoms with Gasteiger partial charge < -0.3 is 14.6 Å². The van der Waals surface area contributed by atoms with Crippen LogP contribution >= 0.6 is 0 Å². The highest BCUT2D eigenvalue weighted by Gasteiger charge is 2.20. The molecule has 1 aromatic carbocycles. The van der Waals surface area contributed by atoms with Gasteiger partial charge in [-0.3, -0.25) is 0 Å². The van der Waals surface area contributed by atoms with Crippen molar-refractivity contribution < 1.29 is 19.4 Å². The zero-order valence-corrected chi connectivity index (χ0v) is 9.69. The molecule has 0 amide bonds. The number of ether oxygens (including phenoxy) is 2. The largest absolute Gasteiger partial charge is 0.496 e. The smallest absolute Gasteiger partial charge is 0.339 e. The van der Waals surface area contributed by atoms with Gasteiger partial charge in [0.2, 0.25) is 0 Å². The van der Waals surface area contributed by atoms with E-state index < -0.39 is 5.97 Å². The maximum absolute atomic E-state index is 11.2. The zero-order valence-electron chi connectivity index (χ0n) is 9.69. The molecular weight excluding hydrogens is 222 g/mol. The second kappa shape index (κ2) is 5.75. The quantitative estimate of drug-likeness (QED) is 0.842. The number of hydrogen-bond donors (Lipinski definition) is 1. The Morgan fingerprint density at radius 3 is 2.41 bits per heavy atom. The van der Waals surface area contributed by atoms with Gasteiger partial charge in [0.1, 0.15) is 17.1 Å². The molecule has 17 heavy (non-hydrogen) atoms. The SMILES string of the molecule is COc1ccc(OC)c(C(=O)O)c1CCC#N. The molecule has 0 aliphatic carbocycles. The van der Waals surface area contributed by atoms with Crippen LogP contribution in [0.15, 0.2) is 12.1 Å². The third kappa shape index (κ3) is 2.67. The first-order valence-electron chi connectivity index (χ1n) is 4.99. The third-order valence-corrected chi connectivity index (χ3v) is 2.37. The van der Waals surface area contributed by atoms with Gasteiger partial charge in [-0.15, -0.1) is 0 Å². The van der Waals surface area contributed by atoms with E-state index in [1.807, 2.05) is 6.07 Å². The van der Waals surface area contributed by atoms with E-state index in [1.165, 1.54) is 20.3 Å². The summed E-state index contributed by atoms with van der Waals surface area (Å²) in [6, 6.07) is 5.16. The van der Waals surface area contributed by atoms with Gasteiger partial charge in [-0.25, -0.2) is 4.79 Å². The Balaban J connectivity index is 3.36. The molecule has 0 aromatic heterocycles. The van der Waals surface area contributed by atoms with E-state index in [9.17, 15) is 9.90 Å². The monoisotopic (exact) mass is 235 g/mol. The number of rotatable bonds is 5. The van der Waals surface area contributed by atoms with Crippen molar-refractivity contribution >= 4 is 5.97 Å². The Morgan fingerprint density at radius 1 is 1.35 bits per heavy atom. The van der Waals surface area contributed by atoms with Gasteiger partial charge >= 0.3 is 5.97 Å². The summed E-state index contributed by atoms with van der Waals surface area (Å²) >= 11 is 0. The summed E-state index contributed by atoms with van der Waals surface area (Å²) in [6.45, 7) is 0. The molecule has 0 bridgehead atoms. The highest BCUT2D eigenvalue weighted by atomic mass is 16.5. The Bertz CT molecular complexity index is 462. The maximum Gasteiger partial charge on any atom is 0.339 e. The molecule has 0 aliphatic rings. The zero-order chi connectivity index (χ0) is 12.8. The van der Waals surface area contributed by atoms with Crippen molar-refractivity contribution in [3.05, 3.63) is 23.3 Å². The summed E-state index contributed by atoms with van der Waals surface area (Å²) in [5, 5.41) is 17.8. The fourth-order valence-corrected chi connectivity index (χ4v) is 1.63. The predicted molar refractivity (Wildman–Crippen MR) is 60.4 cm³/mol. The van der Waals surface area contributed by atoms with E-state index in [1.54, 1.807) is 6.07 Å². The molecule has 0 unspecified atom stereocenters. The van der Waals surface area contributed by atoms with Gasteiger partial charge in [0, 0.05) is 12.0 Å². The number of benzene rings is 1. The lowest BCUT2D eigenvalue weighted by Crippen LogP contribution is -2.07. The van der Waals surface area contributed by atoms with Gasteiger partial charge in [0.05, 0.1) is 20.3 Å². The first-order chi connectivity index (χ1) is 8.15. The van der Waals surface area contributed by atoms with Crippen LogP contribution in [-0.4, -0.2) is 25.3 Å². The van der Waals surface area contributed by atoms with E-state index >= 15 is 0 Å². The van der Waals surface area contributed by atoms with Crippen LogP contribution in [0, 0.1) is 11.3 Å². The van der Waals surface area contributed by atoms with Crippen LogP contribution in [-0.2, 0) is 6.42 Å². The van der Waals surface area contributed by atoms with Gasteiger partial charge in [0.25, 0.3) is 0 Å². The lowest BCUT2D eigenvalue weighted by atomic mass is 10.0. The summed E-state index contributed by atoms with van der Waals surface area (Å²) in [6.07, 6.45) is 0.544. The number of aromatic carboxylic acids is 1. The predicted octanol–water partition coefficient (Wildman–Crippen LogP) is 1.86. The van der Waals surface area contributed by atoms with Gasteiger partial charge in [-0.1, -0.05) is 0 Å². The Hall–Kier alpha value is -2.22. The average molecular weight is 235 g/mol. The van der Waals surface area contributed by atoms with Crippen LogP contribution < -0.4 is 9.47 Å². The number of nitrogens with zero attached hydrogens (tertiary/aromatic N) is 1. The topological polar surface area (TPSA) is 79.6 Å². The molecule has 1 rings (SSSR count). The van der Waals surface area contributed by atoms with Crippen molar-refractivity contribution in [2.75, 3.05) is 14.2 Å². The number of carboxylic acid groups (broad SMARTS) is 1. The molecule has 5 heteroatoms. The normalized spacial score (nSPS) is 9.47. The van der Waals surface area contributed by atoms with Gasteiger partial charge in [-0.2, -0.15) is 5.26 Å². The second-order valence-corrected chi connectivity index (χ2v) is 3.29. The Kier molecular flexibility index (Phi) is 4.35. The molecular formula is C12H13NO4. The molecule has 0 fully saturated rings. The highest BCUT2D eigenvalue weighted by molar-refractivity contribution is 5.93. The van der Waals surface area contributed by atoms with E-state index in [0.717, 1.165) is 0 Å². The minimum absolute atomic E-state index is 0.0575. The molecule has 90 valence electrons. The van der Waals surface area contributed by atoms with Gasteiger partial charge in [-0.05, 0) is 18.6 Å². The van der Waals surface area contributed by atoms with Crippen molar-refractivity contribution in [2.45, 2.75) is 12.8 Å². The number of methoxy groups -OCH3 is 2.